The molecule has 0 fully saturated rings. The molecule has 0 atom stereocenters. The van der Waals surface area contributed by atoms with Crippen LogP contribution in [-0.2, 0) is 10.0 Å². The van der Waals surface area contributed by atoms with E-state index in [2.05, 4.69) is 36.6 Å². The maximum absolute atomic E-state index is 12.5. The van der Waals surface area contributed by atoms with Crippen LogP contribution in [0.1, 0.15) is 11.1 Å². The zero-order chi connectivity index (χ0) is 15.8. The number of nitrogens with two attached hydrogens (primary N) is 1. The first-order chi connectivity index (χ1) is 9.72. The number of hydrogen-bond donors (Lipinski definition) is 2. The number of nitrogens with one attached hydrogen (secondary N) is 1. The van der Waals surface area contributed by atoms with Crippen LogP contribution in [0, 0.1) is 13.8 Å². The summed E-state index contributed by atoms with van der Waals surface area (Å²) in [4.78, 5) is 0.162. The Kier molecular flexibility index (Phi) is 4.65. The molecule has 0 unspecified atom stereocenters. The smallest absolute Gasteiger partial charge is 0.263 e. The van der Waals surface area contributed by atoms with Crippen LogP contribution in [0.3, 0.4) is 0 Å². The quantitative estimate of drug-likeness (QED) is 0.712. The second-order valence-corrected chi connectivity index (χ2v) is 8.07. The van der Waals surface area contributed by atoms with Gasteiger partial charge in [0, 0.05) is 14.6 Å². The van der Waals surface area contributed by atoms with Crippen molar-refractivity contribution in [3.63, 3.8) is 0 Å². The summed E-state index contributed by atoms with van der Waals surface area (Å²) < 4.78 is 28.8. The van der Waals surface area contributed by atoms with Crippen LogP contribution in [0.25, 0.3) is 0 Å². The lowest BCUT2D eigenvalue weighted by Crippen LogP contribution is -2.15. The molecule has 0 spiro atoms. The van der Waals surface area contributed by atoms with Crippen molar-refractivity contribution >= 4 is 53.3 Å². The minimum Gasteiger partial charge on any atom is -0.398 e. The zero-order valence-electron chi connectivity index (χ0n) is 11.4. The summed E-state index contributed by atoms with van der Waals surface area (Å²) in [5.74, 6) is 0. The SMILES string of the molecule is Cc1ccc(NS(=O)(=O)c2cc(Br)ccc2Br)c(C)c1N. The van der Waals surface area contributed by atoms with Crippen molar-refractivity contribution in [2.75, 3.05) is 10.5 Å². The molecule has 0 heterocycles. The fourth-order valence-electron chi connectivity index (χ4n) is 1.86. The molecule has 0 aliphatic heterocycles. The van der Waals surface area contributed by atoms with Gasteiger partial charge in [0.15, 0.2) is 0 Å². The third-order valence-electron chi connectivity index (χ3n) is 3.16. The van der Waals surface area contributed by atoms with Crippen molar-refractivity contribution in [3.8, 4) is 0 Å². The highest BCUT2D eigenvalue weighted by atomic mass is 79.9. The van der Waals surface area contributed by atoms with Crippen molar-refractivity contribution < 1.29 is 8.42 Å². The van der Waals surface area contributed by atoms with E-state index >= 15 is 0 Å². The van der Waals surface area contributed by atoms with E-state index in [1.165, 1.54) is 0 Å². The van der Waals surface area contributed by atoms with Gasteiger partial charge in [0.25, 0.3) is 10.0 Å². The van der Waals surface area contributed by atoms with Crippen molar-refractivity contribution in [2.45, 2.75) is 18.7 Å². The topological polar surface area (TPSA) is 72.2 Å². The van der Waals surface area contributed by atoms with Crippen LogP contribution < -0.4 is 10.5 Å². The molecule has 112 valence electrons. The summed E-state index contributed by atoms with van der Waals surface area (Å²) in [5, 5.41) is 0. The molecule has 2 rings (SSSR count). The van der Waals surface area contributed by atoms with Gasteiger partial charge in [-0.3, -0.25) is 4.72 Å². The molecule has 0 saturated carbocycles. The molecule has 0 aliphatic rings. The fraction of sp³-hybridized carbons (Fsp3) is 0.143. The molecule has 0 aromatic heterocycles. The number of halogens is 2. The molecule has 7 heteroatoms. The Bertz CT molecular complexity index is 805. The van der Waals surface area contributed by atoms with Crippen LogP contribution in [0.4, 0.5) is 11.4 Å². The molecule has 3 N–H and O–H groups in total. The van der Waals surface area contributed by atoms with Gasteiger partial charge in [0.1, 0.15) is 4.90 Å². The van der Waals surface area contributed by atoms with Gasteiger partial charge >= 0.3 is 0 Å². The van der Waals surface area contributed by atoms with Crippen LogP contribution in [0.5, 0.6) is 0 Å². The first-order valence-electron chi connectivity index (χ1n) is 6.06. The molecule has 2 aromatic carbocycles. The van der Waals surface area contributed by atoms with E-state index in [9.17, 15) is 8.42 Å². The second-order valence-electron chi connectivity index (χ2n) is 4.65. The molecular formula is C14H14Br2N2O2S. The lowest BCUT2D eigenvalue weighted by Gasteiger charge is -2.14. The lowest BCUT2D eigenvalue weighted by molar-refractivity contribution is 0.600. The number of nitrogen functional groups attached to an aromatic ring is 1. The predicted molar refractivity (Wildman–Crippen MR) is 93.0 cm³/mol. The number of rotatable bonds is 3. The molecule has 0 saturated heterocycles. The molecule has 2 aromatic rings. The number of benzene rings is 2. The standard InChI is InChI=1S/C14H14Br2N2O2S/c1-8-3-6-12(9(2)14(8)17)18-21(19,20)13-7-10(15)4-5-11(13)16/h3-7,18H,17H2,1-2H3. The minimum atomic E-state index is -3.70. The summed E-state index contributed by atoms with van der Waals surface area (Å²) in [7, 11) is -3.70. The average molecular weight is 434 g/mol. The van der Waals surface area contributed by atoms with Gasteiger partial charge in [-0.2, -0.15) is 0 Å². The number of anilines is 2. The third-order valence-corrected chi connectivity index (χ3v) is 6.01. The third kappa shape index (κ3) is 3.41. The summed E-state index contributed by atoms with van der Waals surface area (Å²) in [6.45, 7) is 3.67. The van der Waals surface area contributed by atoms with E-state index in [1.807, 2.05) is 6.92 Å². The molecule has 0 radical (unpaired) electrons. The zero-order valence-corrected chi connectivity index (χ0v) is 15.4. The second kappa shape index (κ2) is 5.98. The summed E-state index contributed by atoms with van der Waals surface area (Å²) in [6, 6.07) is 8.48. The number of sulfonamides is 1. The summed E-state index contributed by atoms with van der Waals surface area (Å²) in [5.41, 5.74) is 8.63. The van der Waals surface area contributed by atoms with Gasteiger partial charge in [-0.25, -0.2) is 8.42 Å². The summed E-state index contributed by atoms with van der Waals surface area (Å²) in [6.07, 6.45) is 0. The predicted octanol–water partition coefficient (Wildman–Crippen LogP) is 4.21. The van der Waals surface area contributed by atoms with Gasteiger partial charge in [0.2, 0.25) is 0 Å². The maximum atomic E-state index is 12.5. The molecule has 21 heavy (non-hydrogen) atoms. The van der Waals surface area contributed by atoms with E-state index in [0.29, 0.717) is 25.9 Å². The largest absolute Gasteiger partial charge is 0.398 e. The monoisotopic (exact) mass is 432 g/mol. The average Bonchev–Trinajstić information content (AvgIpc) is 2.42. The van der Waals surface area contributed by atoms with Crippen molar-refractivity contribution in [3.05, 3.63) is 50.4 Å². The number of hydrogen-bond acceptors (Lipinski definition) is 3. The van der Waals surface area contributed by atoms with Crippen LogP contribution in [0.2, 0.25) is 0 Å². The van der Waals surface area contributed by atoms with Crippen molar-refractivity contribution in [1.29, 1.82) is 0 Å². The molecule has 0 amide bonds. The van der Waals surface area contributed by atoms with E-state index in [0.717, 1.165) is 5.56 Å². The highest BCUT2D eigenvalue weighted by molar-refractivity contribution is 9.11. The Labute approximate surface area is 141 Å². The first kappa shape index (κ1) is 16.3. The molecule has 0 aliphatic carbocycles. The molecule has 0 bridgehead atoms. The van der Waals surface area contributed by atoms with Crippen LogP contribution in [0.15, 0.2) is 44.2 Å². The summed E-state index contributed by atoms with van der Waals surface area (Å²) >= 11 is 6.54. The van der Waals surface area contributed by atoms with E-state index in [4.69, 9.17) is 5.73 Å². The van der Waals surface area contributed by atoms with Gasteiger partial charge in [-0.15, -0.1) is 0 Å². The normalized spacial score (nSPS) is 11.4. The highest BCUT2D eigenvalue weighted by Crippen LogP contribution is 2.30. The molecular weight excluding hydrogens is 420 g/mol. The van der Waals surface area contributed by atoms with E-state index in [1.54, 1.807) is 37.3 Å². The van der Waals surface area contributed by atoms with Crippen LogP contribution >= 0.6 is 31.9 Å². The Morgan fingerprint density at radius 2 is 1.76 bits per heavy atom. The Morgan fingerprint density at radius 1 is 1.10 bits per heavy atom. The maximum Gasteiger partial charge on any atom is 0.263 e. The highest BCUT2D eigenvalue weighted by Gasteiger charge is 2.19. The fourth-order valence-corrected chi connectivity index (χ4v) is 4.48. The van der Waals surface area contributed by atoms with Crippen molar-refractivity contribution in [1.82, 2.24) is 0 Å². The minimum absolute atomic E-state index is 0.162. The Hall–Kier alpha value is -1.05. The van der Waals surface area contributed by atoms with E-state index in [-0.39, 0.29) is 4.90 Å². The van der Waals surface area contributed by atoms with Gasteiger partial charge in [-0.05, 0) is 65.2 Å². The van der Waals surface area contributed by atoms with E-state index < -0.39 is 10.0 Å². The van der Waals surface area contributed by atoms with Gasteiger partial charge in [-0.1, -0.05) is 22.0 Å². The van der Waals surface area contributed by atoms with Crippen LogP contribution in [-0.4, -0.2) is 8.42 Å². The Morgan fingerprint density at radius 3 is 2.43 bits per heavy atom. The number of aryl methyl sites for hydroxylation is 1. The Balaban J connectivity index is 2.47. The van der Waals surface area contributed by atoms with Gasteiger partial charge in [0.05, 0.1) is 5.69 Å². The van der Waals surface area contributed by atoms with Crippen molar-refractivity contribution in [2.24, 2.45) is 0 Å². The first-order valence-corrected chi connectivity index (χ1v) is 9.13. The van der Waals surface area contributed by atoms with Gasteiger partial charge < -0.3 is 5.73 Å². The lowest BCUT2D eigenvalue weighted by atomic mass is 10.1. The molecule has 4 nitrogen and oxygen atoms in total.